The van der Waals surface area contributed by atoms with Gasteiger partial charge in [0.1, 0.15) is 6.61 Å². The molecule has 3 atom stereocenters. The SMILES string of the molecule is CCCCCC(C(=O)N1C(=O)OCC1Cc1ccccc1)[C@@H](O)CC. The van der Waals surface area contributed by atoms with Gasteiger partial charge in [-0.1, -0.05) is 63.4 Å². The Balaban J connectivity index is 2.12. The van der Waals surface area contributed by atoms with Crippen LogP contribution in [0.3, 0.4) is 0 Å². The van der Waals surface area contributed by atoms with Crippen molar-refractivity contribution < 1.29 is 19.4 Å². The molecular formula is C20H29NO4. The molecule has 138 valence electrons. The minimum atomic E-state index is -0.727. The van der Waals surface area contributed by atoms with Crippen LogP contribution in [0.25, 0.3) is 0 Å². The lowest BCUT2D eigenvalue weighted by atomic mass is 9.91. The third-order valence-corrected chi connectivity index (χ3v) is 4.83. The van der Waals surface area contributed by atoms with Gasteiger partial charge >= 0.3 is 6.09 Å². The summed E-state index contributed by atoms with van der Waals surface area (Å²) < 4.78 is 5.15. The van der Waals surface area contributed by atoms with Gasteiger partial charge in [-0.15, -0.1) is 0 Å². The summed E-state index contributed by atoms with van der Waals surface area (Å²) in [7, 11) is 0. The largest absolute Gasteiger partial charge is 0.447 e. The van der Waals surface area contributed by atoms with E-state index in [0.717, 1.165) is 24.8 Å². The predicted molar refractivity (Wildman–Crippen MR) is 96.1 cm³/mol. The highest BCUT2D eigenvalue weighted by Crippen LogP contribution is 2.25. The summed E-state index contributed by atoms with van der Waals surface area (Å²) in [5, 5.41) is 10.3. The van der Waals surface area contributed by atoms with Gasteiger partial charge in [0.25, 0.3) is 0 Å². The van der Waals surface area contributed by atoms with Crippen LogP contribution in [-0.4, -0.2) is 40.8 Å². The van der Waals surface area contributed by atoms with Crippen LogP contribution < -0.4 is 0 Å². The number of ether oxygens (including phenoxy) is 1. The molecule has 5 heteroatoms. The third-order valence-electron chi connectivity index (χ3n) is 4.83. The number of carbonyl (C=O) groups excluding carboxylic acids is 2. The molecule has 5 nitrogen and oxygen atoms in total. The first-order valence-corrected chi connectivity index (χ1v) is 9.30. The van der Waals surface area contributed by atoms with E-state index in [1.54, 1.807) is 0 Å². The maximum atomic E-state index is 13.0. The fraction of sp³-hybridized carbons (Fsp3) is 0.600. The van der Waals surface area contributed by atoms with Gasteiger partial charge < -0.3 is 9.84 Å². The molecule has 0 aromatic heterocycles. The summed E-state index contributed by atoms with van der Waals surface area (Å²) in [6.07, 6.45) is 3.28. The predicted octanol–water partition coefficient (Wildman–Crippen LogP) is 3.54. The van der Waals surface area contributed by atoms with E-state index in [1.807, 2.05) is 37.3 Å². The van der Waals surface area contributed by atoms with E-state index >= 15 is 0 Å². The van der Waals surface area contributed by atoms with Crippen molar-refractivity contribution >= 4 is 12.0 Å². The van der Waals surface area contributed by atoms with Gasteiger partial charge in [-0.3, -0.25) is 4.79 Å². The van der Waals surface area contributed by atoms with Gasteiger partial charge in [0, 0.05) is 0 Å². The van der Waals surface area contributed by atoms with Gasteiger partial charge in [0.05, 0.1) is 18.1 Å². The minimum Gasteiger partial charge on any atom is -0.447 e. The van der Waals surface area contributed by atoms with E-state index in [4.69, 9.17) is 4.74 Å². The van der Waals surface area contributed by atoms with Crippen LogP contribution in [0.2, 0.25) is 0 Å². The number of imide groups is 1. The lowest BCUT2D eigenvalue weighted by Crippen LogP contribution is -2.46. The highest BCUT2D eigenvalue weighted by atomic mass is 16.6. The lowest BCUT2D eigenvalue weighted by molar-refractivity contribution is -0.137. The van der Waals surface area contributed by atoms with Crippen LogP contribution >= 0.6 is 0 Å². The molecular weight excluding hydrogens is 318 g/mol. The van der Waals surface area contributed by atoms with E-state index < -0.39 is 18.1 Å². The second-order valence-corrected chi connectivity index (χ2v) is 6.71. The number of aliphatic hydroxyl groups is 1. The zero-order valence-corrected chi connectivity index (χ0v) is 15.2. The Bertz CT molecular complexity index is 560. The van der Waals surface area contributed by atoms with Crippen molar-refractivity contribution in [2.45, 2.75) is 64.5 Å². The van der Waals surface area contributed by atoms with E-state index in [0.29, 0.717) is 19.3 Å². The van der Waals surface area contributed by atoms with Crippen molar-refractivity contribution in [3.05, 3.63) is 35.9 Å². The first kappa shape index (κ1) is 19.4. The number of benzene rings is 1. The maximum absolute atomic E-state index is 13.0. The number of nitrogens with zero attached hydrogens (tertiary/aromatic N) is 1. The minimum absolute atomic E-state index is 0.212. The summed E-state index contributed by atoms with van der Waals surface area (Å²) in [5.41, 5.74) is 1.06. The number of hydrogen-bond acceptors (Lipinski definition) is 4. The Morgan fingerprint density at radius 1 is 1.28 bits per heavy atom. The molecule has 1 aromatic carbocycles. The van der Waals surface area contributed by atoms with Crippen LogP contribution in [0.1, 0.15) is 51.5 Å². The zero-order valence-electron chi connectivity index (χ0n) is 15.2. The third kappa shape index (κ3) is 5.05. The van der Waals surface area contributed by atoms with Crippen molar-refractivity contribution in [2.75, 3.05) is 6.61 Å². The molecule has 25 heavy (non-hydrogen) atoms. The molecule has 1 aliphatic rings. The van der Waals surface area contributed by atoms with E-state index in [9.17, 15) is 14.7 Å². The van der Waals surface area contributed by atoms with E-state index in [1.165, 1.54) is 4.90 Å². The molecule has 1 fully saturated rings. The number of carbonyl (C=O) groups is 2. The number of hydrogen-bond donors (Lipinski definition) is 1. The average Bonchev–Trinajstić information content (AvgIpc) is 2.99. The van der Waals surface area contributed by atoms with E-state index in [2.05, 4.69) is 6.92 Å². The second kappa shape index (κ2) is 9.56. The molecule has 0 saturated carbocycles. The summed E-state index contributed by atoms with van der Waals surface area (Å²) in [6.45, 7) is 4.17. The topological polar surface area (TPSA) is 66.8 Å². The molecule has 0 bridgehead atoms. The first-order valence-electron chi connectivity index (χ1n) is 9.30. The molecule has 2 unspecified atom stereocenters. The summed E-state index contributed by atoms with van der Waals surface area (Å²) in [4.78, 5) is 26.4. The summed E-state index contributed by atoms with van der Waals surface area (Å²) in [6, 6.07) is 9.46. The molecule has 1 aliphatic heterocycles. The molecule has 0 aliphatic carbocycles. The van der Waals surface area contributed by atoms with Crippen molar-refractivity contribution in [3.8, 4) is 0 Å². The Hall–Kier alpha value is -1.88. The molecule has 1 heterocycles. The highest BCUT2D eigenvalue weighted by Gasteiger charge is 2.42. The quantitative estimate of drug-likeness (QED) is 0.694. The van der Waals surface area contributed by atoms with Crippen LogP contribution in [0.4, 0.5) is 4.79 Å². The Morgan fingerprint density at radius 2 is 2.00 bits per heavy atom. The Labute approximate surface area is 150 Å². The fourth-order valence-corrected chi connectivity index (χ4v) is 3.32. The Kier molecular flexibility index (Phi) is 7.44. The van der Waals surface area contributed by atoms with Gasteiger partial charge in [-0.25, -0.2) is 9.69 Å². The van der Waals surface area contributed by atoms with Gasteiger partial charge in [0.15, 0.2) is 0 Å². The van der Waals surface area contributed by atoms with Crippen LogP contribution in [0, 0.1) is 5.92 Å². The normalized spacial score (nSPS) is 19.6. The summed E-state index contributed by atoms with van der Waals surface area (Å²) >= 11 is 0. The van der Waals surface area contributed by atoms with Crippen molar-refractivity contribution in [1.82, 2.24) is 4.90 Å². The number of unbranched alkanes of at least 4 members (excludes halogenated alkanes) is 2. The van der Waals surface area contributed by atoms with E-state index in [-0.39, 0.29) is 18.6 Å². The lowest BCUT2D eigenvalue weighted by Gasteiger charge is -2.27. The standard InChI is InChI=1S/C20H29NO4/c1-3-5-7-12-17(18(22)4-2)19(23)21-16(14-25-20(21)24)13-15-10-8-6-9-11-15/h6,8-11,16-18,22H,3-5,7,12-14H2,1-2H3/t16?,17?,18-/m0/s1. The molecule has 2 amide bonds. The molecule has 0 spiro atoms. The van der Waals surface area contributed by atoms with Crippen molar-refractivity contribution in [1.29, 1.82) is 0 Å². The van der Waals surface area contributed by atoms with Crippen LogP contribution in [0.15, 0.2) is 30.3 Å². The van der Waals surface area contributed by atoms with Crippen LogP contribution in [0.5, 0.6) is 0 Å². The zero-order chi connectivity index (χ0) is 18.2. The van der Waals surface area contributed by atoms with Crippen molar-refractivity contribution in [3.63, 3.8) is 0 Å². The second-order valence-electron chi connectivity index (χ2n) is 6.71. The molecule has 1 N–H and O–H groups in total. The molecule has 0 radical (unpaired) electrons. The van der Waals surface area contributed by atoms with Gasteiger partial charge in [-0.05, 0) is 24.8 Å². The van der Waals surface area contributed by atoms with Gasteiger partial charge in [0.2, 0.25) is 5.91 Å². The summed E-state index contributed by atoms with van der Waals surface area (Å²) in [5.74, 6) is -0.839. The van der Waals surface area contributed by atoms with Crippen molar-refractivity contribution in [2.24, 2.45) is 5.92 Å². The number of cyclic esters (lactones) is 1. The van der Waals surface area contributed by atoms with Gasteiger partial charge in [-0.2, -0.15) is 0 Å². The molecule has 2 rings (SSSR count). The first-order chi connectivity index (χ1) is 12.1. The number of rotatable bonds is 9. The monoisotopic (exact) mass is 347 g/mol. The smallest absolute Gasteiger partial charge is 0.416 e. The number of aliphatic hydroxyl groups excluding tert-OH is 1. The average molecular weight is 347 g/mol. The number of amides is 2. The Morgan fingerprint density at radius 3 is 2.64 bits per heavy atom. The maximum Gasteiger partial charge on any atom is 0.416 e. The van der Waals surface area contributed by atoms with Crippen LogP contribution in [-0.2, 0) is 16.0 Å². The highest BCUT2D eigenvalue weighted by molar-refractivity contribution is 5.95. The fourth-order valence-electron chi connectivity index (χ4n) is 3.32. The molecule has 1 saturated heterocycles. The molecule has 1 aromatic rings.